The molecule has 7 heteroatoms. The van der Waals surface area contributed by atoms with Crippen molar-refractivity contribution in [3.05, 3.63) is 53.5 Å². The molecule has 0 saturated heterocycles. The minimum Gasteiger partial charge on any atom is -0.464 e. The van der Waals surface area contributed by atoms with Crippen LogP contribution in [0.2, 0.25) is 0 Å². The van der Waals surface area contributed by atoms with Gasteiger partial charge in [0.1, 0.15) is 11.5 Å². The molecule has 1 N–H and O–H groups in total. The van der Waals surface area contributed by atoms with Crippen molar-refractivity contribution in [3.63, 3.8) is 0 Å². The standard InChI is InChI=1S/C17H20N2O4S/c1-12-3-8-15(23-12)11-19(2)17(20)13-4-9-16(10-5-13)24(21,22)18-14-6-7-14/h3-5,8-10,14,18H,6-7,11H2,1-2H3. The third kappa shape index (κ3) is 3.85. The average Bonchev–Trinajstić information content (AvgIpc) is 3.26. The van der Waals surface area contributed by atoms with Crippen LogP contribution in [-0.4, -0.2) is 32.3 Å². The number of carbonyl (C=O) groups excluding carboxylic acids is 1. The lowest BCUT2D eigenvalue weighted by Crippen LogP contribution is -2.27. The highest BCUT2D eigenvalue weighted by Gasteiger charge is 2.28. The highest BCUT2D eigenvalue weighted by molar-refractivity contribution is 7.89. The number of sulfonamides is 1. The molecule has 1 aliphatic rings. The lowest BCUT2D eigenvalue weighted by molar-refractivity contribution is 0.0775. The van der Waals surface area contributed by atoms with Gasteiger partial charge in [-0.05, 0) is 56.2 Å². The SMILES string of the molecule is Cc1ccc(CN(C)C(=O)c2ccc(S(=O)(=O)NC3CC3)cc2)o1. The maximum atomic E-state index is 12.4. The minimum absolute atomic E-state index is 0.0548. The number of amides is 1. The second-order valence-corrected chi connectivity index (χ2v) is 7.81. The van der Waals surface area contributed by atoms with Gasteiger partial charge in [-0.2, -0.15) is 0 Å². The van der Waals surface area contributed by atoms with Gasteiger partial charge in [-0.25, -0.2) is 13.1 Å². The van der Waals surface area contributed by atoms with Crippen molar-refractivity contribution in [2.45, 2.75) is 37.2 Å². The van der Waals surface area contributed by atoms with E-state index in [0.29, 0.717) is 17.9 Å². The topological polar surface area (TPSA) is 79.6 Å². The highest BCUT2D eigenvalue weighted by Crippen LogP contribution is 2.22. The molecule has 2 aromatic rings. The van der Waals surface area contributed by atoms with Gasteiger partial charge >= 0.3 is 0 Å². The quantitative estimate of drug-likeness (QED) is 0.869. The van der Waals surface area contributed by atoms with Crippen LogP contribution in [0.15, 0.2) is 45.7 Å². The Kier molecular flexibility index (Phi) is 4.47. The lowest BCUT2D eigenvalue weighted by atomic mass is 10.2. The van der Waals surface area contributed by atoms with Crippen LogP contribution in [0.3, 0.4) is 0 Å². The fraction of sp³-hybridized carbons (Fsp3) is 0.353. The van der Waals surface area contributed by atoms with E-state index in [9.17, 15) is 13.2 Å². The zero-order valence-electron chi connectivity index (χ0n) is 13.7. The number of benzene rings is 1. The van der Waals surface area contributed by atoms with E-state index in [1.807, 2.05) is 19.1 Å². The summed E-state index contributed by atoms with van der Waals surface area (Å²) in [4.78, 5) is 14.1. The number of aryl methyl sites for hydroxylation is 1. The molecule has 1 fully saturated rings. The Morgan fingerprint density at radius 3 is 2.42 bits per heavy atom. The lowest BCUT2D eigenvalue weighted by Gasteiger charge is -2.16. The number of furan rings is 1. The molecule has 1 aromatic heterocycles. The molecule has 0 spiro atoms. The third-order valence-electron chi connectivity index (χ3n) is 3.85. The van der Waals surface area contributed by atoms with Gasteiger partial charge in [0.25, 0.3) is 5.91 Å². The average molecular weight is 348 g/mol. The van der Waals surface area contributed by atoms with Crippen LogP contribution in [0.25, 0.3) is 0 Å². The van der Waals surface area contributed by atoms with E-state index in [0.717, 1.165) is 18.6 Å². The van der Waals surface area contributed by atoms with Gasteiger partial charge in [0.15, 0.2) is 0 Å². The van der Waals surface area contributed by atoms with Gasteiger partial charge < -0.3 is 9.32 Å². The van der Waals surface area contributed by atoms with Crippen molar-refractivity contribution < 1.29 is 17.6 Å². The van der Waals surface area contributed by atoms with Crippen LogP contribution in [0, 0.1) is 6.92 Å². The Hall–Kier alpha value is -2.12. The predicted octanol–water partition coefficient (Wildman–Crippen LogP) is 2.30. The Morgan fingerprint density at radius 2 is 1.88 bits per heavy atom. The molecule has 0 atom stereocenters. The summed E-state index contributed by atoms with van der Waals surface area (Å²) in [7, 11) is -1.82. The molecule has 0 unspecified atom stereocenters. The molecule has 6 nitrogen and oxygen atoms in total. The third-order valence-corrected chi connectivity index (χ3v) is 5.38. The zero-order valence-corrected chi connectivity index (χ0v) is 14.5. The zero-order chi connectivity index (χ0) is 17.3. The van der Waals surface area contributed by atoms with E-state index in [-0.39, 0.29) is 16.8 Å². The molecule has 24 heavy (non-hydrogen) atoms. The summed E-state index contributed by atoms with van der Waals surface area (Å²) in [5.74, 6) is 1.31. The Morgan fingerprint density at radius 1 is 1.21 bits per heavy atom. The van der Waals surface area contributed by atoms with Crippen LogP contribution in [0.4, 0.5) is 0 Å². The van der Waals surface area contributed by atoms with E-state index in [2.05, 4.69) is 4.72 Å². The van der Waals surface area contributed by atoms with Gasteiger partial charge in [0.2, 0.25) is 10.0 Å². The van der Waals surface area contributed by atoms with Gasteiger partial charge in [-0.1, -0.05) is 0 Å². The van der Waals surface area contributed by atoms with Crippen molar-refractivity contribution in [1.82, 2.24) is 9.62 Å². The molecule has 128 valence electrons. The fourth-order valence-corrected chi connectivity index (χ4v) is 3.67. The van der Waals surface area contributed by atoms with E-state index in [1.165, 1.54) is 29.2 Å². The molecule has 1 aromatic carbocycles. The maximum absolute atomic E-state index is 12.4. The van der Waals surface area contributed by atoms with Gasteiger partial charge in [-0.15, -0.1) is 0 Å². The Labute approximate surface area is 141 Å². The van der Waals surface area contributed by atoms with Crippen molar-refractivity contribution >= 4 is 15.9 Å². The normalized spacial score (nSPS) is 14.6. The van der Waals surface area contributed by atoms with Crippen LogP contribution in [0.5, 0.6) is 0 Å². The summed E-state index contributed by atoms with van der Waals surface area (Å²) in [5.41, 5.74) is 0.436. The minimum atomic E-state index is -3.50. The smallest absolute Gasteiger partial charge is 0.254 e. The number of hydrogen-bond donors (Lipinski definition) is 1. The van der Waals surface area contributed by atoms with E-state index < -0.39 is 10.0 Å². The molecule has 1 heterocycles. The largest absolute Gasteiger partial charge is 0.464 e. The van der Waals surface area contributed by atoms with E-state index in [4.69, 9.17) is 4.42 Å². The monoisotopic (exact) mass is 348 g/mol. The second-order valence-electron chi connectivity index (χ2n) is 6.09. The first-order chi connectivity index (χ1) is 11.3. The van der Waals surface area contributed by atoms with Gasteiger partial charge in [-0.3, -0.25) is 4.79 Å². The Balaban J connectivity index is 1.68. The number of rotatable bonds is 6. The second kappa shape index (κ2) is 6.41. The van der Waals surface area contributed by atoms with Crippen molar-refractivity contribution in [1.29, 1.82) is 0 Å². The van der Waals surface area contributed by atoms with Crippen LogP contribution in [0.1, 0.15) is 34.7 Å². The molecule has 1 amide bonds. The number of nitrogens with one attached hydrogen (secondary N) is 1. The summed E-state index contributed by atoms with van der Waals surface area (Å²) in [6.07, 6.45) is 1.76. The van der Waals surface area contributed by atoms with Crippen molar-refractivity contribution in [2.24, 2.45) is 0 Å². The fourth-order valence-electron chi connectivity index (χ4n) is 2.36. The molecular formula is C17H20N2O4S. The van der Waals surface area contributed by atoms with Gasteiger partial charge in [0.05, 0.1) is 11.4 Å². The molecular weight excluding hydrogens is 328 g/mol. The molecule has 1 saturated carbocycles. The summed E-state index contributed by atoms with van der Waals surface area (Å²) < 4.78 is 32.3. The highest BCUT2D eigenvalue weighted by atomic mass is 32.2. The molecule has 0 aliphatic heterocycles. The maximum Gasteiger partial charge on any atom is 0.254 e. The first kappa shape index (κ1) is 16.7. The van der Waals surface area contributed by atoms with Crippen LogP contribution < -0.4 is 4.72 Å². The predicted molar refractivity (Wildman–Crippen MR) is 89.0 cm³/mol. The van der Waals surface area contributed by atoms with E-state index >= 15 is 0 Å². The van der Waals surface area contributed by atoms with Crippen LogP contribution in [-0.2, 0) is 16.6 Å². The summed E-state index contributed by atoms with van der Waals surface area (Å²) >= 11 is 0. The van der Waals surface area contributed by atoms with Crippen molar-refractivity contribution in [3.8, 4) is 0 Å². The summed E-state index contributed by atoms with van der Waals surface area (Å²) in [6, 6.07) is 9.73. The van der Waals surface area contributed by atoms with E-state index in [1.54, 1.807) is 7.05 Å². The molecule has 0 radical (unpaired) electrons. The Bertz CT molecular complexity index is 836. The number of nitrogens with zero attached hydrogens (tertiary/aromatic N) is 1. The number of hydrogen-bond acceptors (Lipinski definition) is 4. The summed E-state index contributed by atoms with van der Waals surface area (Å²) in [6.45, 7) is 2.20. The first-order valence-corrected chi connectivity index (χ1v) is 9.26. The van der Waals surface area contributed by atoms with Gasteiger partial charge in [0, 0.05) is 18.7 Å². The first-order valence-electron chi connectivity index (χ1n) is 7.78. The van der Waals surface area contributed by atoms with Crippen LogP contribution >= 0.6 is 0 Å². The number of carbonyl (C=O) groups is 1. The molecule has 0 bridgehead atoms. The van der Waals surface area contributed by atoms with Crippen molar-refractivity contribution in [2.75, 3.05) is 7.05 Å². The molecule has 3 rings (SSSR count). The summed E-state index contributed by atoms with van der Waals surface area (Å²) in [5, 5.41) is 0. The molecule has 1 aliphatic carbocycles.